The number of hydrogen-bond acceptors (Lipinski definition) is 4. The maximum atomic E-state index is 5.29. The minimum absolute atomic E-state index is 0.365. The molecule has 1 saturated heterocycles. The SMILES string of the molecule is Cc1cc([C@@H]2CCCCCN2Cc2cn(C)nc2C)no1. The molecule has 0 amide bonds. The molecular formula is C16H24N4O. The molecule has 1 fully saturated rings. The minimum Gasteiger partial charge on any atom is -0.361 e. The van der Waals surface area contributed by atoms with Crippen molar-refractivity contribution in [2.24, 2.45) is 7.05 Å². The summed E-state index contributed by atoms with van der Waals surface area (Å²) < 4.78 is 7.19. The molecule has 0 saturated carbocycles. The Bertz CT molecular complexity index is 601. The number of aryl methyl sites for hydroxylation is 3. The topological polar surface area (TPSA) is 47.1 Å². The molecule has 0 aromatic carbocycles. The monoisotopic (exact) mass is 288 g/mol. The molecule has 1 aliphatic rings. The van der Waals surface area contributed by atoms with Gasteiger partial charge in [0, 0.05) is 31.4 Å². The fourth-order valence-corrected chi connectivity index (χ4v) is 3.26. The van der Waals surface area contributed by atoms with Gasteiger partial charge in [0.25, 0.3) is 0 Å². The molecule has 0 aliphatic carbocycles. The average molecular weight is 288 g/mol. The molecule has 1 atom stereocenters. The normalized spacial score (nSPS) is 20.6. The lowest BCUT2D eigenvalue weighted by molar-refractivity contribution is 0.183. The molecule has 0 radical (unpaired) electrons. The van der Waals surface area contributed by atoms with Crippen LogP contribution in [0.1, 0.15) is 54.4 Å². The Kier molecular flexibility index (Phi) is 4.10. The molecule has 21 heavy (non-hydrogen) atoms. The van der Waals surface area contributed by atoms with Gasteiger partial charge in [-0.15, -0.1) is 0 Å². The van der Waals surface area contributed by atoms with E-state index in [1.54, 1.807) is 0 Å². The van der Waals surface area contributed by atoms with Crippen molar-refractivity contribution >= 4 is 0 Å². The molecule has 0 unspecified atom stereocenters. The van der Waals surface area contributed by atoms with Gasteiger partial charge in [0.2, 0.25) is 0 Å². The van der Waals surface area contributed by atoms with Gasteiger partial charge in [0.05, 0.1) is 11.7 Å². The Morgan fingerprint density at radius 2 is 2.14 bits per heavy atom. The van der Waals surface area contributed by atoms with Crippen LogP contribution in [0.2, 0.25) is 0 Å². The summed E-state index contributed by atoms with van der Waals surface area (Å²) >= 11 is 0. The Labute approximate surface area is 125 Å². The summed E-state index contributed by atoms with van der Waals surface area (Å²) in [5, 5.41) is 8.72. The zero-order chi connectivity index (χ0) is 14.8. The summed E-state index contributed by atoms with van der Waals surface area (Å²) in [5.41, 5.74) is 3.51. The smallest absolute Gasteiger partial charge is 0.133 e. The van der Waals surface area contributed by atoms with Crippen molar-refractivity contribution in [2.75, 3.05) is 6.54 Å². The summed E-state index contributed by atoms with van der Waals surface area (Å²) in [4.78, 5) is 2.54. The molecule has 0 spiro atoms. The molecule has 3 rings (SSSR count). The van der Waals surface area contributed by atoms with E-state index in [-0.39, 0.29) is 0 Å². The van der Waals surface area contributed by atoms with E-state index >= 15 is 0 Å². The van der Waals surface area contributed by atoms with E-state index in [4.69, 9.17) is 4.52 Å². The van der Waals surface area contributed by atoms with Crippen molar-refractivity contribution < 1.29 is 4.52 Å². The van der Waals surface area contributed by atoms with Crippen LogP contribution in [-0.2, 0) is 13.6 Å². The number of rotatable bonds is 3. The molecule has 2 aromatic heterocycles. The predicted molar refractivity (Wildman–Crippen MR) is 80.8 cm³/mol. The van der Waals surface area contributed by atoms with E-state index in [2.05, 4.69) is 34.3 Å². The highest BCUT2D eigenvalue weighted by Gasteiger charge is 2.26. The Balaban J connectivity index is 1.83. The van der Waals surface area contributed by atoms with Gasteiger partial charge >= 0.3 is 0 Å². The Morgan fingerprint density at radius 3 is 2.81 bits per heavy atom. The Hall–Kier alpha value is -1.62. The highest BCUT2D eigenvalue weighted by atomic mass is 16.5. The molecule has 114 valence electrons. The van der Waals surface area contributed by atoms with Gasteiger partial charge in [-0.1, -0.05) is 18.0 Å². The lowest BCUT2D eigenvalue weighted by atomic mass is 10.1. The number of nitrogens with zero attached hydrogens (tertiary/aromatic N) is 4. The van der Waals surface area contributed by atoms with Crippen LogP contribution < -0.4 is 0 Å². The first-order valence-electron chi connectivity index (χ1n) is 7.80. The summed E-state index contributed by atoms with van der Waals surface area (Å²) in [6, 6.07) is 2.45. The zero-order valence-electron chi connectivity index (χ0n) is 13.2. The Morgan fingerprint density at radius 1 is 1.29 bits per heavy atom. The van der Waals surface area contributed by atoms with Crippen molar-refractivity contribution in [2.45, 2.75) is 52.1 Å². The van der Waals surface area contributed by atoms with Crippen LogP contribution in [0, 0.1) is 13.8 Å². The largest absolute Gasteiger partial charge is 0.361 e. The summed E-state index contributed by atoms with van der Waals surface area (Å²) in [5.74, 6) is 0.895. The quantitative estimate of drug-likeness (QED) is 0.870. The van der Waals surface area contributed by atoms with Gasteiger partial charge < -0.3 is 4.52 Å². The molecule has 0 N–H and O–H groups in total. The highest BCUT2D eigenvalue weighted by Crippen LogP contribution is 2.31. The van der Waals surface area contributed by atoms with Gasteiger partial charge in [-0.3, -0.25) is 9.58 Å². The van der Waals surface area contributed by atoms with Crippen LogP contribution in [-0.4, -0.2) is 26.4 Å². The summed E-state index contributed by atoms with van der Waals surface area (Å²) in [6.45, 7) is 6.10. The first-order valence-corrected chi connectivity index (χ1v) is 7.80. The second kappa shape index (κ2) is 6.02. The van der Waals surface area contributed by atoms with E-state index in [1.165, 1.54) is 24.8 Å². The van der Waals surface area contributed by atoms with Crippen LogP contribution in [0.4, 0.5) is 0 Å². The third-order valence-electron chi connectivity index (χ3n) is 4.34. The number of aromatic nitrogens is 3. The number of likely N-dealkylation sites (tertiary alicyclic amines) is 1. The van der Waals surface area contributed by atoms with Crippen molar-refractivity contribution in [3.8, 4) is 0 Å². The first kappa shape index (κ1) is 14.3. The maximum Gasteiger partial charge on any atom is 0.133 e. The second-order valence-electron chi connectivity index (χ2n) is 6.11. The zero-order valence-corrected chi connectivity index (χ0v) is 13.2. The van der Waals surface area contributed by atoms with Crippen LogP contribution >= 0.6 is 0 Å². The van der Waals surface area contributed by atoms with E-state index in [9.17, 15) is 0 Å². The van der Waals surface area contributed by atoms with Crippen LogP contribution in [0.25, 0.3) is 0 Å². The predicted octanol–water partition coefficient (Wildman–Crippen LogP) is 3.14. The van der Waals surface area contributed by atoms with Crippen LogP contribution in [0.15, 0.2) is 16.8 Å². The van der Waals surface area contributed by atoms with E-state index in [0.29, 0.717) is 6.04 Å². The third kappa shape index (κ3) is 3.18. The van der Waals surface area contributed by atoms with Gasteiger partial charge in [0.15, 0.2) is 0 Å². The highest BCUT2D eigenvalue weighted by molar-refractivity contribution is 5.17. The van der Waals surface area contributed by atoms with Gasteiger partial charge in [-0.05, 0) is 33.2 Å². The van der Waals surface area contributed by atoms with Crippen molar-refractivity contribution in [3.05, 3.63) is 35.0 Å². The third-order valence-corrected chi connectivity index (χ3v) is 4.34. The van der Waals surface area contributed by atoms with E-state index in [0.717, 1.165) is 36.7 Å². The molecular weight excluding hydrogens is 264 g/mol. The maximum absolute atomic E-state index is 5.29. The second-order valence-corrected chi connectivity index (χ2v) is 6.11. The number of hydrogen-bond donors (Lipinski definition) is 0. The molecule has 5 heteroatoms. The molecule has 5 nitrogen and oxygen atoms in total. The molecule has 0 bridgehead atoms. The molecule has 2 aromatic rings. The summed E-state index contributed by atoms with van der Waals surface area (Å²) in [6.07, 6.45) is 7.11. The summed E-state index contributed by atoms with van der Waals surface area (Å²) in [7, 11) is 1.98. The average Bonchev–Trinajstić information content (AvgIpc) is 2.90. The lowest BCUT2D eigenvalue weighted by Crippen LogP contribution is -2.28. The van der Waals surface area contributed by atoms with Gasteiger partial charge in [-0.25, -0.2) is 0 Å². The molecule has 1 aliphatic heterocycles. The van der Waals surface area contributed by atoms with E-state index < -0.39 is 0 Å². The van der Waals surface area contributed by atoms with Gasteiger partial charge in [0.1, 0.15) is 11.5 Å². The van der Waals surface area contributed by atoms with Crippen molar-refractivity contribution in [1.82, 2.24) is 19.8 Å². The van der Waals surface area contributed by atoms with Crippen LogP contribution in [0.3, 0.4) is 0 Å². The van der Waals surface area contributed by atoms with Crippen LogP contribution in [0.5, 0.6) is 0 Å². The first-order chi connectivity index (χ1) is 10.1. The fourth-order valence-electron chi connectivity index (χ4n) is 3.26. The molecule has 3 heterocycles. The van der Waals surface area contributed by atoms with Crippen molar-refractivity contribution in [3.63, 3.8) is 0 Å². The fraction of sp³-hybridized carbons (Fsp3) is 0.625. The van der Waals surface area contributed by atoms with Crippen molar-refractivity contribution in [1.29, 1.82) is 0 Å². The minimum atomic E-state index is 0.365. The lowest BCUT2D eigenvalue weighted by Gasteiger charge is -2.28. The standard InChI is InChI=1S/C16H24N4O/c1-12-9-15(18-21-12)16-7-5-4-6-8-20(16)11-14-10-19(3)17-13(14)2/h9-10,16H,4-8,11H2,1-3H3/t16-/m0/s1. The van der Waals surface area contributed by atoms with Gasteiger partial charge in [-0.2, -0.15) is 5.10 Å². The van der Waals surface area contributed by atoms with E-state index in [1.807, 2.05) is 18.7 Å².